The van der Waals surface area contributed by atoms with E-state index in [1.54, 1.807) is 12.1 Å². The Bertz CT molecular complexity index is 387. The van der Waals surface area contributed by atoms with Crippen LogP contribution in [0.3, 0.4) is 0 Å². The second-order valence-corrected chi connectivity index (χ2v) is 3.05. The number of rotatable bonds is 1. The third-order valence-electron chi connectivity index (χ3n) is 2.33. The summed E-state index contributed by atoms with van der Waals surface area (Å²) in [7, 11) is 1.13. The maximum absolute atomic E-state index is 11.6. The lowest BCUT2D eigenvalue weighted by Crippen LogP contribution is -2.42. The summed E-state index contributed by atoms with van der Waals surface area (Å²) in [6.45, 7) is 0. The number of hydrogen-bond donors (Lipinski definition) is 1. The van der Waals surface area contributed by atoms with E-state index in [4.69, 9.17) is 0 Å². The Morgan fingerprint density at radius 2 is 1.57 bits per heavy atom. The molecule has 0 aromatic heterocycles. The van der Waals surface area contributed by atoms with Crippen molar-refractivity contribution in [2.75, 3.05) is 7.11 Å². The van der Waals surface area contributed by atoms with Gasteiger partial charge in [0.25, 0.3) is 5.79 Å². The highest BCUT2D eigenvalue weighted by molar-refractivity contribution is 6.30. The molecule has 1 aromatic carbocycles. The van der Waals surface area contributed by atoms with Crippen molar-refractivity contribution in [2.24, 2.45) is 0 Å². The SMILES string of the molecule is COC1(O)C(=O)c2ccccc2C1=O. The van der Waals surface area contributed by atoms with Crippen molar-refractivity contribution in [3.05, 3.63) is 35.4 Å². The van der Waals surface area contributed by atoms with Crippen LogP contribution in [0, 0.1) is 0 Å². The zero-order valence-corrected chi connectivity index (χ0v) is 7.48. The molecule has 0 atom stereocenters. The standard InChI is InChI=1S/C10H8O4/c1-14-10(13)8(11)6-4-2-3-5-7(6)9(10)12/h2-5,13H,1H3. The molecule has 14 heavy (non-hydrogen) atoms. The Labute approximate surface area is 80.1 Å². The monoisotopic (exact) mass is 192 g/mol. The first-order valence-electron chi connectivity index (χ1n) is 4.07. The van der Waals surface area contributed by atoms with Gasteiger partial charge in [0.05, 0.1) is 0 Å². The van der Waals surface area contributed by atoms with Crippen LogP contribution in [0.4, 0.5) is 0 Å². The summed E-state index contributed by atoms with van der Waals surface area (Å²) >= 11 is 0. The number of benzene rings is 1. The summed E-state index contributed by atoms with van der Waals surface area (Å²) in [5.74, 6) is -3.70. The Balaban J connectivity index is 2.65. The summed E-state index contributed by atoms with van der Waals surface area (Å²) in [6, 6.07) is 6.25. The van der Waals surface area contributed by atoms with Gasteiger partial charge in [0, 0.05) is 18.2 Å². The Morgan fingerprint density at radius 3 is 1.93 bits per heavy atom. The topological polar surface area (TPSA) is 63.6 Å². The minimum atomic E-state index is -2.32. The van der Waals surface area contributed by atoms with Gasteiger partial charge in [0.1, 0.15) is 0 Å². The molecule has 0 amide bonds. The zero-order valence-electron chi connectivity index (χ0n) is 7.48. The van der Waals surface area contributed by atoms with E-state index in [2.05, 4.69) is 4.74 Å². The van der Waals surface area contributed by atoms with Crippen molar-refractivity contribution in [1.29, 1.82) is 0 Å². The molecule has 1 aromatic rings. The fourth-order valence-corrected chi connectivity index (χ4v) is 1.53. The molecule has 0 unspecified atom stereocenters. The Morgan fingerprint density at radius 1 is 1.14 bits per heavy atom. The summed E-state index contributed by atoms with van der Waals surface area (Å²) in [5, 5.41) is 9.64. The molecule has 0 spiro atoms. The van der Waals surface area contributed by atoms with Gasteiger partial charge >= 0.3 is 0 Å². The van der Waals surface area contributed by atoms with Crippen LogP contribution in [-0.2, 0) is 4.74 Å². The molecule has 2 rings (SSSR count). The minimum Gasteiger partial charge on any atom is -0.353 e. The predicted molar refractivity (Wildman–Crippen MR) is 47.1 cm³/mol. The van der Waals surface area contributed by atoms with Crippen molar-refractivity contribution in [3.63, 3.8) is 0 Å². The van der Waals surface area contributed by atoms with E-state index in [1.165, 1.54) is 12.1 Å². The number of fused-ring (bicyclic) bond motifs is 1. The van der Waals surface area contributed by atoms with E-state index in [-0.39, 0.29) is 11.1 Å². The first-order chi connectivity index (χ1) is 6.61. The van der Waals surface area contributed by atoms with Crippen LogP contribution in [0.1, 0.15) is 20.7 Å². The molecule has 0 bridgehead atoms. The van der Waals surface area contributed by atoms with Crippen LogP contribution in [0.25, 0.3) is 0 Å². The Hall–Kier alpha value is -1.52. The summed E-state index contributed by atoms with van der Waals surface area (Å²) in [6.07, 6.45) is 0. The van der Waals surface area contributed by atoms with E-state index in [9.17, 15) is 14.7 Å². The highest BCUT2D eigenvalue weighted by atomic mass is 16.6. The van der Waals surface area contributed by atoms with Gasteiger partial charge in [-0.15, -0.1) is 0 Å². The van der Waals surface area contributed by atoms with Crippen LogP contribution in [0.2, 0.25) is 0 Å². The van der Waals surface area contributed by atoms with E-state index in [1.807, 2.05) is 0 Å². The third-order valence-corrected chi connectivity index (χ3v) is 2.33. The second-order valence-electron chi connectivity index (χ2n) is 3.05. The minimum absolute atomic E-state index is 0.210. The number of aliphatic hydroxyl groups is 1. The lowest BCUT2D eigenvalue weighted by molar-refractivity contribution is -0.111. The molecule has 4 nitrogen and oxygen atoms in total. The van der Waals surface area contributed by atoms with Crippen LogP contribution < -0.4 is 0 Å². The van der Waals surface area contributed by atoms with Crippen molar-refractivity contribution < 1.29 is 19.4 Å². The van der Waals surface area contributed by atoms with E-state index >= 15 is 0 Å². The van der Waals surface area contributed by atoms with Crippen molar-refractivity contribution in [2.45, 2.75) is 5.79 Å². The van der Waals surface area contributed by atoms with Crippen molar-refractivity contribution in [3.8, 4) is 0 Å². The average molecular weight is 192 g/mol. The second kappa shape index (κ2) is 2.73. The molecular formula is C10H8O4. The molecule has 1 N–H and O–H groups in total. The van der Waals surface area contributed by atoms with Gasteiger partial charge in [-0.1, -0.05) is 24.3 Å². The first-order valence-corrected chi connectivity index (χ1v) is 4.07. The molecule has 0 radical (unpaired) electrons. The van der Waals surface area contributed by atoms with Crippen molar-refractivity contribution >= 4 is 11.6 Å². The molecular weight excluding hydrogens is 184 g/mol. The molecule has 0 saturated carbocycles. The molecule has 0 saturated heterocycles. The number of Topliss-reactive ketones (excluding diaryl/α,β-unsaturated/α-hetero) is 2. The molecule has 0 aliphatic heterocycles. The fourth-order valence-electron chi connectivity index (χ4n) is 1.53. The number of ether oxygens (including phenoxy) is 1. The van der Waals surface area contributed by atoms with Gasteiger partial charge in [0.2, 0.25) is 11.6 Å². The maximum atomic E-state index is 11.6. The number of carbonyl (C=O) groups is 2. The zero-order chi connectivity index (χ0) is 10.3. The molecule has 72 valence electrons. The fraction of sp³-hybridized carbons (Fsp3) is 0.200. The lowest BCUT2D eigenvalue weighted by atomic mass is 10.1. The highest BCUT2D eigenvalue weighted by Gasteiger charge is 2.52. The summed E-state index contributed by atoms with van der Waals surface area (Å²) < 4.78 is 4.56. The summed E-state index contributed by atoms with van der Waals surface area (Å²) in [5.41, 5.74) is 0.420. The quantitative estimate of drug-likeness (QED) is 0.516. The van der Waals surface area contributed by atoms with E-state index < -0.39 is 17.4 Å². The van der Waals surface area contributed by atoms with Gasteiger partial charge in [-0.2, -0.15) is 0 Å². The van der Waals surface area contributed by atoms with E-state index in [0.717, 1.165) is 7.11 Å². The van der Waals surface area contributed by atoms with Crippen LogP contribution in [-0.4, -0.2) is 29.6 Å². The third kappa shape index (κ3) is 0.893. The first kappa shape index (κ1) is 9.05. The average Bonchev–Trinajstić information content (AvgIpc) is 2.43. The largest absolute Gasteiger partial charge is 0.353 e. The smallest absolute Gasteiger partial charge is 0.297 e. The maximum Gasteiger partial charge on any atom is 0.297 e. The van der Waals surface area contributed by atoms with Crippen LogP contribution in [0.5, 0.6) is 0 Å². The van der Waals surface area contributed by atoms with E-state index in [0.29, 0.717) is 0 Å². The molecule has 4 heteroatoms. The van der Waals surface area contributed by atoms with Crippen LogP contribution in [0.15, 0.2) is 24.3 Å². The van der Waals surface area contributed by atoms with Gasteiger partial charge in [-0.25, -0.2) is 0 Å². The Kier molecular flexibility index (Phi) is 1.77. The number of carbonyl (C=O) groups excluding carboxylic acids is 2. The predicted octanol–water partition coefficient (Wildman–Crippen LogP) is 0.401. The highest BCUT2D eigenvalue weighted by Crippen LogP contribution is 2.30. The number of ketones is 2. The molecule has 1 aliphatic rings. The normalized spacial score (nSPS) is 18.4. The van der Waals surface area contributed by atoms with Gasteiger partial charge in [-0.3, -0.25) is 9.59 Å². The molecule has 1 aliphatic carbocycles. The molecule has 0 fully saturated rings. The van der Waals surface area contributed by atoms with Crippen LogP contribution >= 0.6 is 0 Å². The van der Waals surface area contributed by atoms with Gasteiger partial charge in [0.15, 0.2) is 0 Å². The lowest BCUT2D eigenvalue weighted by Gasteiger charge is -2.15. The van der Waals surface area contributed by atoms with Gasteiger partial charge in [-0.05, 0) is 0 Å². The van der Waals surface area contributed by atoms with Crippen molar-refractivity contribution in [1.82, 2.24) is 0 Å². The number of methoxy groups -OCH3 is 1. The van der Waals surface area contributed by atoms with Gasteiger partial charge < -0.3 is 9.84 Å². The molecule has 0 heterocycles. The summed E-state index contributed by atoms with van der Waals surface area (Å²) in [4.78, 5) is 23.1. The number of hydrogen-bond acceptors (Lipinski definition) is 4.